The fourth-order valence-electron chi connectivity index (χ4n) is 0.569. The molecule has 0 amide bonds. The normalized spacial score (nSPS) is 11.1. The molecule has 0 fully saturated rings. The first-order valence-corrected chi connectivity index (χ1v) is 3.84. The van der Waals surface area contributed by atoms with Crippen LogP contribution in [-0.4, -0.2) is 36.7 Å². The van der Waals surface area contributed by atoms with E-state index in [-0.39, 0.29) is 6.42 Å². The molecule has 0 bridgehead atoms. The topological polar surface area (TPSA) is 94.8 Å². The van der Waals surface area contributed by atoms with E-state index in [9.17, 15) is 9.59 Å². The molecule has 0 aliphatic rings. The molecule has 0 aromatic rings. The third-order valence-corrected chi connectivity index (χ3v) is 2.61. The molecule has 62 valence electrons. The highest BCUT2D eigenvalue weighted by Crippen LogP contribution is 2.28. The van der Waals surface area contributed by atoms with E-state index >= 15 is 0 Å². The zero-order valence-electron chi connectivity index (χ0n) is 5.87. The quantitative estimate of drug-likeness (QED) is 0.390. The van der Waals surface area contributed by atoms with E-state index < -0.39 is 26.7 Å². The molecule has 0 heterocycles. The van der Waals surface area contributed by atoms with Crippen molar-refractivity contribution in [3.05, 3.63) is 0 Å². The lowest BCUT2D eigenvalue weighted by Crippen LogP contribution is -2.37. The molecule has 0 atom stereocenters. The van der Waals surface area contributed by atoms with Crippen molar-refractivity contribution in [2.45, 2.75) is 18.4 Å². The first kappa shape index (κ1) is 10.1. The second-order valence-corrected chi connectivity index (χ2v) is 3.06. The molecular formula is C5H8O5Si. The summed E-state index contributed by atoms with van der Waals surface area (Å²) in [6, 6.07) is 0. The predicted octanol–water partition coefficient (Wildman–Crippen LogP) is -0.664. The molecule has 3 N–H and O–H groups in total. The molecule has 0 aliphatic carbocycles. The molecule has 0 aromatic heterocycles. The number of rotatable bonds is 4. The molecule has 11 heavy (non-hydrogen) atoms. The second-order valence-electron chi connectivity index (χ2n) is 1.98. The summed E-state index contributed by atoms with van der Waals surface area (Å²) in [5, 5.41) is 14.9. The molecule has 0 saturated heterocycles. The van der Waals surface area contributed by atoms with E-state index in [1.165, 1.54) is 6.92 Å². The Kier molecular flexibility index (Phi) is 3.21. The Morgan fingerprint density at radius 2 is 1.73 bits per heavy atom. The molecule has 0 aliphatic heterocycles. The average Bonchev–Trinajstić information content (AvgIpc) is 1.90. The summed E-state index contributed by atoms with van der Waals surface area (Å²) in [5.41, 5.74) is 0. The van der Waals surface area contributed by atoms with Crippen LogP contribution < -0.4 is 0 Å². The first-order valence-electron chi connectivity index (χ1n) is 2.89. The van der Waals surface area contributed by atoms with Crippen LogP contribution in [0.4, 0.5) is 0 Å². The second kappa shape index (κ2) is 3.49. The predicted molar refractivity (Wildman–Crippen MR) is 36.2 cm³/mol. The largest absolute Gasteiger partial charge is 0.481 e. The van der Waals surface area contributed by atoms with Crippen molar-refractivity contribution in [3.8, 4) is 0 Å². The lowest BCUT2D eigenvalue weighted by molar-refractivity contribution is -0.153. The number of carboxylic acids is 2. The highest BCUT2D eigenvalue weighted by molar-refractivity contribution is 6.47. The van der Waals surface area contributed by atoms with Gasteiger partial charge in [-0.2, -0.15) is 0 Å². The third-order valence-electron chi connectivity index (χ3n) is 1.45. The van der Waals surface area contributed by atoms with Gasteiger partial charge in [0, 0.05) is 0 Å². The fourth-order valence-corrected chi connectivity index (χ4v) is 0.918. The maximum Gasteiger partial charge on any atom is 0.320 e. The molecule has 0 spiro atoms. The van der Waals surface area contributed by atoms with E-state index in [1.807, 2.05) is 0 Å². The Morgan fingerprint density at radius 1 is 1.36 bits per heavy atom. The van der Waals surface area contributed by atoms with Crippen molar-refractivity contribution in [3.63, 3.8) is 0 Å². The maximum absolute atomic E-state index is 10.4. The summed E-state index contributed by atoms with van der Waals surface area (Å²) in [7, 11) is -1.12. The summed E-state index contributed by atoms with van der Waals surface area (Å²) < 4.78 is 0. The van der Waals surface area contributed by atoms with Crippen molar-refractivity contribution in [2.24, 2.45) is 0 Å². The molecule has 2 radical (unpaired) electrons. The molecule has 6 heteroatoms. The van der Waals surface area contributed by atoms with Gasteiger partial charge in [0.2, 0.25) is 0 Å². The van der Waals surface area contributed by atoms with Crippen LogP contribution in [0, 0.1) is 0 Å². The minimum atomic E-state index is -2.00. The Bertz CT molecular complexity index is 158. The van der Waals surface area contributed by atoms with Crippen molar-refractivity contribution in [1.82, 2.24) is 0 Å². The van der Waals surface area contributed by atoms with Crippen molar-refractivity contribution in [2.75, 3.05) is 0 Å². The Hall–Kier alpha value is -0.883. The van der Waals surface area contributed by atoms with Crippen LogP contribution in [-0.2, 0) is 9.59 Å². The summed E-state index contributed by atoms with van der Waals surface area (Å²) in [5.74, 6) is -2.98. The Morgan fingerprint density at radius 3 is 1.73 bits per heavy atom. The lowest BCUT2D eigenvalue weighted by atomic mass is 10.1. The average molecular weight is 176 g/mol. The van der Waals surface area contributed by atoms with Crippen LogP contribution in [0.2, 0.25) is 5.04 Å². The highest BCUT2D eigenvalue weighted by Gasteiger charge is 2.45. The monoisotopic (exact) mass is 176 g/mol. The van der Waals surface area contributed by atoms with E-state index in [2.05, 4.69) is 0 Å². The van der Waals surface area contributed by atoms with Gasteiger partial charge in [-0.25, -0.2) is 0 Å². The lowest BCUT2D eigenvalue weighted by Gasteiger charge is -2.17. The number of carboxylic acid groups (broad SMARTS) is 2. The molecule has 0 aromatic carbocycles. The zero-order valence-corrected chi connectivity index (χ0v) is 6.87. The minimum Gasteiger partial charge on any atom is -0.481 e. The number of hydrogen-bond acceptors (Lipinski definition) is 3. The van der Waals surface area contributed by atoms with Gasteiger partial charge in [0.15, 0.2) is 5.04 Å². The summed E-state index contributed by atoms with van der Waals surface area (Å²) in [6.07, 6.45) is -0.118. The molecule has 0 unspecified atom stereocenters. The van der Waals surface area contributed by atoms with Gasteiger partial charge in [0.05, 0.1) is 0 Å². The highest BCUT2D eigenvalue weighted by atomic mass is 28.2. The summed E-state index contributed by atoms with van der Waals surface area (Å²) >= 11 is 0. The van der Waals surface area contributed by atoms with Crippen molar-refractivity contribution < 1.29 is 24.6 Å². The summed E-state index contributed by atoms with van der Waals surface area (Å²) in [4.78, 5) is 29.4. The zero-order chi connectivity index (χ0) is 9.07. The van der Waals surface area contributed by atoms with Gasteiger partial charge in [0.25, 0.3) is 9.76 Å². The fraction of sp³-hybridized carbons (Fsp3) is 0.600. The Balaban J connectivity index is 4.76. The first-order chi connectivity index (χ1) is 5.01. The summed E-state index contributed by atoms with van der Waals surface area (Å²) in [6.45, 7) is 1.41. The van der Waals surface area contributed by atoms with Crippen molar-refractivity contribution >= 4 is 21.7 Å². The third kappa shape index (κ3) is 1.58. The van der Waals surface area contributed by atoms with Gasteiger partial charge in [-0.1, -0.05) is 6.92 Å². The van der Waals surface area contributed by atoms with Gasteiger partial charge in [-0.3, -0.25) is 9.59 Å². The van der Waals surface area contributed by atoms with E-state index in [1.54, 1.807) is 0 Å². The van der Waals surface area contributed by atoms with Crippen LogP contribution in [0.15, 0.2) is 0 Å². The van der Waals surface area contributed by atoms with Crippen LogP contribution in [0.3, 0.4) is 0 Å². The van der Waals surface area contributed by atoms with E-state index in [4.69, 9.17) is 15.0 Å². The number of carbonyl (C=O) groups is 2. The van der Waals surface area contributed by atoms with Crippen LogP contribution in [0.5, 0.6) is 0 Å². The van der Waals surface area contributed by atoms with Gasteiger partial charge in [-0.05, 0) is 6.42 Å². The van der Waals surface area contributed by atoms with Gasteiger partial charge < -0.3 is 15.0 Å². The van der Waals surface area contributed by atoms with Gasteiger partial charge in [-0.15, -0.1) is 0 Å². The number of hydrogen-bond donors (Lipinski definition) is 3. The van der Waals surface area contributed by atoms with Gasteiger partial charge in [0.1, 0.15) is 0 Å². The molecule has 0 saturated carbocycles. The van der Waals surface area contributed by atoms with Crippen LogP contribution in [0.25, 0.3) is 0 Å². The minimum absolute atomic E-state index is 0.118. The van der Waals surface area contributed by atoms with Gasteiger partial charge >= 0.3 is 11.9 Å². The molecular weight excluding hydrogens is 168 g/mol. The van der Waals surface area contributed by atoms with Crippen molar-refractivity contribution in [1.29, 1.82) is 0 Å². The number of aliphatic carboxylic acids is 2. The molecule has 5 nitrogen and oxygen atoms in total. The van der Waals surface area contributed by atoms with Crippen LogP contribution in [0.1, 0.15) is 13.3 Å². The maximum atomic E-state index is 10.4. The SMILES string of the molecule is CCC([Si]O)(C(=O)O)C(=O)O. The van der Waals surface area contributed by atoms with E-state index in [0.717, 1.165) is 0 Å². The van der Waals surface area contributed by atoms with E-state index in [0.29, 0.717) is 0 Å². The van der Waals surface area contributed by atoms with Crippen LogP contribution >= 0.6 is 0 Å². The smallest absolute Gasteiger partial charge is 0.320 e. The molecule has 0 rings (SSSR count). The Labute approximate surface area is 65.6 Å². The standard InChI is InChI=1S/C5H8O5Si/c1-2-5(11-10,3(6)7)4(8)9/h10H,2H2,1H3,(H,6,7)(H,8,9).